The van der Waals surface area contributed by atoms with Crippen molar-refractivity contribution in [2.75, 3.05) is 0 Å². The first kappa shape index (κ1) is 17.1. The zero-order valence-corrected chi connectivity index (χ0v) is 14.3. The third kappa shape index (κ3) is 3.52. The van der Waals surface area contributed by atoms with Gasteiger partial charge in [0.25, 0.3) is 5.91 Å². The Morgan fingerprint density at radius 3 is 2.12 bits per heavy atom. The zero-order chi connectivity index (χ0) is 18.0. The number of furan rings is 2. The van der Waals surface area contributed by atoms with E-state index in [9.17, 15) is 13.2 Å². The molecule has 9 heteroatoms. The van der Waals surface area contributed by atoms with Crippen LogP contribution in [0.15, 0.2) is 62.8 Å². The number of aromatic nitrogens is 1. The smallest absolute Gasteiger partial charge is 0.265 e. The third-order valence-corrected chi connectivity index (χ3v) is 5.45. The van der Waals surface area contributed by atoms with Crippen molar-refractivity contribution in [3.8, 4) is 0 Å². The van der Waals surface area contributed by atoms with Crippen LogP contribution in [0, 0.1) is 0 Å². The van der Waals surface area contributed by atoms with Gasteiger partial charge in [0.15, 0.2) is 0 Å². The molecule has 3 aromatic rings. The highest BCUT2D eigenvalue weighted by Crippen LogP contribution is 2.23. The molecule has 1 amide bonds. The fraction of sp³-hybridized carbons (Fsp3) is 0.188. The molecule has 0 aliphatic rings. The second-order valence-electron chi connectivity index (χ2n) is 5.47. The van der Waals surface area contributed by atoms with Crippen LogP contribution in [-0.2, 0) is 30.2 Å². The fourth-order valence-electron chi connectivity index (χ4n) is 2.45. The maximum Gasteiger partial charge on any atom is 0.265 e. The Hall–Kier alpha value is -2.78. The van der Waals surface area contributed by atoms with E-state index in [0.29, 0.717) is 11.5 Å². The van der Waals surface area contributed by atoms with Crippen molar-refractivity contribution in [3.63, 3.8) is 0 Å². The van der Waals surface area contributed by atoms with Gasteiger partial charge in [0, 0.05) is 13.2 Å². The number of nitrogens with two attached hydrogens (primary N) is 1. The van der Waals surface area contributed by atoms with Crippen molar-refractivity contribution in [1.29, 1.82) is 0 Å². The van der Waals surface area contributed by atoms with Crippen LogP contribution in [-0.4, -0.2) is 23.2 Å². The summed E-state index contributed by atoms with van der Waals surface area (Å²) in [5.74, 6) is 0.273. The highest BCUT2D eigenvalue weighted by atomic mass is 32.2. The number of amides is 1. The van der Waals surface area contributed by atoms with Crippen molar-refractivity contribution in [2.24, 2.45) is 12.8 Å². The predicted octanol–water partition coefficient (Wildman–Crippen LogP) is 1.70. The molecule has 0 saturated heterocycles. The van der Waals surface area contributed by atoms with E-state index in [2.05, 4.69) is 0 Å². The molecule has 0 spiro atoms. The number of primary amides is 1. The largest absolute Gasteiger partial charge is 0.468 e. The molecule has 0 saturated carbocycles. The number of hydrogen-bond donors (Lipinski definition) is 1. The Kier molecular flexibility index (Phi) is 4.51. The van der Waals surface area contributed by atoms with E-state index in [-0.39, 0.29) is 23.7 Å². The molecule has 0 aliphatic heterocycles. The number of rotatable bonds is 7. The second-order valence-corrected chi connectivity index (χ2v) is 7.41. The molecule has 0 fully saturated rings. The Bertz CT molecular complexity index is 920. The summed E-state index contributed by atoms with van der Waals surface area (Å²) in [6, 6.07) is 7.99. The van der Waals surface area contributed by atoms with Crippen LogP contribution in [0.2, 0.25) is 0 Å². The van der Waals surface area contributed by atoms with E-state index < -0.39 is 15.9 Å². The lowest BCUT2D eigenvalue weighted by atomic mass is 10.4. The maximum atomic E-state index is 13.1. The summed E-state index contributed by atoms with van der Waals surface area (Å²) in [5, 5.41) is 0. The predicted molar refractivity (Wildman–Crippen MR) is 87.8 cm³/mol. The van der Waals surface area contributed by atoms with E-state index >= 15 is 0 Å². The Labute approximate surface area is 144 Å². The summed E-state index contributed by atoms with van der Waals surface area (Å²) in [7, 11) is -2.35. The molecule has 0 bridgehead atoms. The molecule has 0 unspecified atom stereocenters. The number of nitrogens with zero attached hydrogens (tertiary/aromatic N) is 2. The third-order valence-electron chi connectivity index (χ3n) is 3.69. The summed E-state index contributed by atoms with van der Waals surface area (Å²) < 4.78 is 39.2. The first-order valence-corrected chi connectivity index (χ1v) is 8.83. The fourth-order valence-corrected chi connectivity index (χ4v) is 3.89. The van der Waals surface area contributed by atoms with Crippen LogP contribution in [0.1, 0.15) is 22.0 Å². The van der Waals surface area contributed by atoms with Crippen LogP contribution in [0.4, 0.5) is 0 Å². The molecule has 132 valence electrons. The molecule has 0 radical (unpaired) electrons. The lowest BCUT2D eigenvalue weighted by molar-refractivity contribution is 0.0992. The van der Waals surface area contributed by atoms with Gasteiger partial charge in [0.05, 0.1) is 25.6 Å². The number of carbonyl (C=O) groups is 1. The Morgan fingerprint density at radius 1 is 1.16 bits per heavy atom. The van der Waals surface area contributed by atoms with Crippen molar-refractivity contribution in [3.05, 3.63) is 66.3 Å². The van der Waals surface area contributed by atoms with E-state index in [1.54, 1.807) is 31.3 Å². The first-order valence-electron chi connectivity index (χ1n) is 7.39. The normalized spacial score (nSPS) is 11.9. The number of aryl methyl sites for hydroxylation is 1. The molecular formula is C16H17N3O5S. The second kappa shape index (κ2) is 6.61. The van der Waals surface area contributed by atoms with Gasteiger partial charge in [-0.25, -0.2) is 8.42 Å². The van der Waals surface area contributed by atoms with Crippen molar-refractivity contribution >= 4 is 15.9 Å². The van der Waals surface area contributed by atoms with Gasteiger partial charge in [-0.05, 0) is 30.3 Å². The van der Waals surface area contributed by atoms with Crippen LogP contribution in [0.3, 0.4) is 0 Å². The zero-order valence-electron chi connectivity index (χ0n) is 13.5. The molecule has 3 aromatic heterocycles. The Balaban J connectivity index is 1.97. The summed E-state index contributed by atoms with van der Waals surface area (Å²) in [5.41, 5.74) is 5.37. The maximum absolute atomic E-state index is 13.1. The van der Waals surface area contributed by atoms with E-state index in [4.69, 9.17) is 14.6 Å². The van der Waals surface area contributed by atoms with Gasteiger partial charge in [0.1, 0.15) is 22.1 Å². The molecule has 8 nitrogen and oxygen atoms in total. The van der Waals surface area contributed by atoms with Gasteiger partial charge < -0.3 is 19.1 Å². The average Bonchev–Trinajstić information content (AvgIpc) is 3.27. The lowest BCUT2D eigenvalue weighted by Gasteiger charge is -2.19. The van der Waals surface area contributed by atoms with E-state index in [1.165, 1.54) is 33.7 Å². The summed E-state index contributed by atoms with van der Waals surface area (Å²) in [6.45, 7) is 0.0493. The van der Waals surface area contributed by atoms with Crippen LogP contribution < -0.4 is 5.73 Å². The monoisotopic (exact) mass is 363 g/mol. The molecular weight excluding hydrogens is 346 g/mol. The van der Waals surface area contributed by atoms with Crippen LogP contribution in [0.25, 0.3) is 0 Å². The van der Waals surface area contributed by atoms with Crippen molar-refractivity contribution in [2.45, 2.75) is 18.0 Å². The van der Waals surface area contributed by atoms with Gasteiger partial charge in [-0.2, -0.15) is 4.31 Å². The van der Waals surface area contributed by atoms with Crippen molar-refractivity contribution in [1.82, 2.24) is 8.87 Å². The molecule has 3 heterocycles. The SMILES string of the molecule is Cn1cc(S(=O)(=O)N(Cc2ccco2)Cc2ccco2)cc1C(N)=O. The first-order chi connectivity index (χ1) is 11.9. The lowest BCUT2D eigenvalue weighted by Crippen LogP contribution is -2.29. The van der Waals surface area contributed by atoms with Crippen molar-refractivity contribution < 1.29 is 22.0 Å². The quantitative estimate of drug-likeness (QED) is 0.687. The van der Waals surface area contributed by atoms with Gasteiger partial charge in [-0.15, -0.1) is 0 Å². The van der Waals surface area contributed by atoms with Crippen LogP contribution in [0.5, 0.6) is 0 Å². The average molecular weight is 363 g/mol. The molecule has 25 heavy (non-hydrogen) atoms. The van der Waals surface area contributed by atoms with E-state index in [0.717, 1.165) is 0 Å². The summed E-state index contributed by atoms with van der Waals surface area (Å²) >= 11 is 0. The van der Waals surface area contributed by atoms with Gasteiger partial charge in [-0.1, -0.05) is 0 Å². The minimum absolute atomic E-state index is 0.0246. The minimum Gasteiger partial charge on any atom is -0.468 e. The minimum atomic E-state index is -3.90. The van der Waals surface area contributed by atoms with Crippen LogP contribution >= 0.6 is 0 Å². The highest BCUT2D eigenvalue weighted by molar-refractivity contribution is 7.89. The Morgan fingerprint density at radius 2 is 1.72 bits per heavy atom. The van der Waals surface area contributed by atoms with Gasteiger partial charge >= 0.3 is 0 Å². The highest BCUT2D eigenvalue weighted by Gasteiger charge is 2.29. The topological polar surface area (TPSA) is 112 Å². The molecule has 2 N–H and O–H groups in total. The summed E-state index contributed by atoms with van der Waals surface area (Å²) in [6.07, 6.45) is 4.30. The van der Waals surface area contributed by atoms with Gasteiger partial charge in [0.2, 0.25) is 10.0 Å². The number of carbonyl (C=O) groups excluding carboxylic acids is 1. The molecule has 0 aliphatic carbocycles. The number of hydrogen-bond acceptors (Lipinski definition) is 5. The van der Waals surface area contributed by atoms with Gasteiger partial charge in [-0.3, -0.25) is 4.79 Å². The number of sulfonamides is 1. The summed E-state index contributed by atoms with van der Waals surface area (Å²) in [4.78, 5) is 11.4. The van der Waals surface area contributed by atoms with E-state index in [1.807, 2.05) is 0 Å². The molecule has 0 atom stereocenters. The standard InChI is InChI=1S/C16H17N3O5S/c1-18-11-14(8-15(18)16(17)20)25(21,22)19(9-12-4-2-6-23-12)10-13-5-3-7-24-13/h2-8,11H,9-10H2,1H3,(H2,17,20). The molecule has 0 aromatic carbocycles. The molecule has 3 rings (SSSR count).